The number of rotatable bonds is 6. The third-order valence-electron chi connectivity index (χ3n) is 4.69. The van der Waals surface area contributed by atoms with Gasteiger partial charge in [-0.25, -0.2) is 9.97 Å². The van der Waals surface area contributed by atoms with Gasteiger partial charge in [0.1, 0.15) is 29.2 Å². The number of aromatic nitrogens is 4. The highest BCUT2D eigenvalue weighted by Crippen LogP contribution is 2.29. The highest BCUT2D eigenvalue weighted by Gasteiger charge is 2.23. The molecule has 0 aliphatic rings. The van der Waals surface area contributed by atoms with Gasteiger partial charge in [0.05, 0.1) is 14.2 Å². The Balaban J connectivity index is 1.93. The maximum Gasteiger partial charge on any atom is 0.239 e. The first-order chi connectivity index (χ1) is 14.5. The standard InChI is InChI=1S/C22H21N5O3/c1-26(2)21-23-13-27-19(20(28)14-8-10-16(29-3)11-9-14)18(24-22(27)25-21)15-6-5-7-17(12-15)30-4/h5-13H,1-4H3. The van der Waals surface area contributed by atoms with Crippen LogP contribution in [0.2, 0.25) is 0 Å². The van der Waals surface area contributed by atoms with E-state index >= 15 is 0 Å². The van der Waals surface area contributed by atoms with Crippen molar-refractivity contribution in [1.82, 2.24) is 19.4 Å². The van der Waals surface area contributed by atoms with Crippen LogP contribution in [-0.2, 0) is 0 Å². The zero-order chi connectivity index (χ0) is 21.3. The Kier molecular flexibility index (Phi) is 5.05. The predicted molar refractivity (Wildman–Crippen MR) is 114 cm³/mol. The van der Waals surface area contributed by atoms with E-state index in [1.807, 2.05) is 38.4 Å². The Labute approximate surface area is 173 Å². The van der Waals surface area contributed by atoms with Crippen LogP contribution in [0.25, 0.3) is 17.0 Å². The average Bonchev–Trinajstić information content (AvgIpc) is 3.17. The molecule has 30 heavy (non-hydrogen) atoms. The van der Waals surface area contributed by atoms with Crippen molar-refractivity contribution in [2.24, 2.45) is 0 Å². The fraction of sp³-hybridized carbons (Fsp3) is 0.182. The third-order valence-corrected chi connectivity index (χ3v) is 4.69. The molecule has 8 nitrogen and oxygen atoms in total. The van der Waals surface area contributed by atoms with E-state index in [9.17, 15) is 4.79 Å². The maximum absolute atomic E-state index is 13.5. The van der Waals surface area contributed by atoms with Crippen molar-refractivity contribution in [3.05, 3.63) is 66.1 Å². The normalized spacial score (nSPS) is 10.8. The van der Waals surface area contributed by atoms with Crippen molar-refractivity contribution in [3.8, 4) is 22.8 Å². The summed E-state index contributed by atoms with van der Waals surface area (Å²) < 4.78 is 12.2. The number of ether oxygens (including phenoxy) is 2. The molecule has 152 valence electrons. The molecule has 0 radical (unpaired) electrons. The number of imidazole rings is 1. The molecule has 0 saturated carbocycles. The first-order valence-electron chi connectivity index (χ1n) is 9.27. The molecule has 0 N–H and O–H groups in total. The van der Waals surface area contributed by atoms with Gasteiger partial charge in [-0.15, -0.1) is 0 Å². The average molecular weight is 403 g/mol. The zero-order valence-corrected chi connectivity index (χ0v) is 17.2. The Morgan fingerprint density at radius 1 is 0.967 bits per heavy atom. The van der Waals surface area contributed by atoms with E-state index in [-0.39, 0.29) is 5.78 Å². The lowest BCUT2D eigenvalue weighted by Crippen LogP contribution is -2.14. The molecule has 0 aliphatic heterocycles. The van der Waals surface area contributed by atoms with E-state index in [1.54, 1.807) is 54.1 Å². The first kappa shape index (κ1) is 19.4. The van der Waals surface area contributed by atoms with Crippen LogP contribution < -0.4 is 14.4 Å². The fourth-order valence-electron chi connectivity index (χ4n) is 3.12. The number of methoxy groups -OCH3 is 2. The minimum Gasteiger partial charge on any atom is -0.497 e. The Hall–Kier alpha value is -3.94. The number of anilines is 1. The summed E-state index contributed by atoms with van der Waals surface area (Å²) in [5, 5.41) is 0. The number of carbonyl (C=O) groups excluding carboxylic acids is 1. The third kappa shape index (κ3) is 3.43. The molecule has 0 atom stereocenters. The summed E-state index contributed by atoms with van der Waals surface area (Å²) in [4.78, 5) is 28.8. The monoisotopic (exact) mass is 403 g/mol. The van der Waals surface area contributed by atoms with Crippen molar-refractivity contribution >= 4 is 17.5 Å². The van der Waals surface area contributed by atoms with Crippen LogP contribution in [0.5, 0.6) is 11.5 Å². The number of hydrogen-bond acceptors (Lipinski definition) is 7. The summed E-state index contributed by atoms with van der Waals surface area (Å²) in [7, 11) is 6.88. The fourth-order valence-corrected chi connectivity index (χ4v) is 3.12. The lowest BCUT2D eigenvalue weighted by molar-refractivity contribution is 0.103. The van der Waals surface area contributed by atoms with Gasteiger partial charge in [0.2, 0.25) is 17.5 Å². The van der Waals surface area contributed by atoms with Crippen LogP contribution in [0.4, 0.5) is 5.95 Å². The summed E-state index contributed by atoms with van der Waals surface area (Å²) in [6.45, 7) is 0. The van der Waals surface area contributed by atoms with Crippen LogP contribution in [0.3, 0.4) is 0 Å². The molecule has 4 aromatic rings. The highest BCUT2D eigenvalue weighted by atomic mass is 16.5. The van der Waals surface area contributed by atoms with Crippen LogP contribution in [0, 0.1) is 0 Å². The molecule has 2 aromatic heterocycles. The van der Waals surface area contributed by atoms with Gasteiger partial charge in [-0.2, -0.15) is 4.98 Å². The number of benzene rings is 2. The molecular formula is C22H21N5O3. The molecule has 0 spiro atoms. The highest BCUT2D eigenvalue weighted by molar-refractivity contribution is 6.11. The Bertz CT molecular complexity index is 1220. The van der Waals surface area contributed by atoms with E-state index in [4.69, 9.17) is 9.47 Å². The molecule has 0 amide bonds. The summed E-state index contributed by atoms with van der Waals surface area (Å²) in [5.41, 5.74) is 2.16. The first-order valence-corrected chi connectivity index (χ1v) is 9.27. The molecule has 0 fully saturated rings. The van der Waals surface area contributed by atoms with Gasteiger partial charge in [-0.1, -0.05) is 12.1 Å². The second kappa shape index (κ2) is 7.82. The van der Waals surface area contributed by atoms with E-state index in [0.717, 1.165) is 5.56 Å². The van der Waals surface area contributed by atoms with Gasteiger partial charge >= 0.3 is 0 Å². The van der Waals surface area contributed by atoms with Gasteiger partial charge in [0.25, 0.3) is 0 Å². The molecule has 0 bridgehead atoms. The minimum absolute atomic E-state index is 0.191. The van der Waals surface area contributed by atoms with Gasteiger partial charge in [-0.3, -0.25) is 9.20 Å². The van der Waals surface area contributed by atoms with Gasteiger partial charge < -0.3 is 14.4 Å². The van der Waals surface area contributed by atoms with Crippen LogP contribution >= 0.6 is 0 Å². The van der Waals surface area contributed by atoms with Gasteiger partial charge in [0, 0.05) is 25.2 Å². The van der Waals surface area contributed by atoms with Crippen molar-refractivity contribution in [2.45, 2.75) is 0 Å². The largest absolute Gasteiger partial charge is 0.497 e. The maximum atomic E-state index is 13.5. The molecule has 2 heterocycles. The van der Waals surface area contributed by atoms with Crippen LogP contribution in [0.1, 0.15) is 16.1 Å². The number of carbonyl (C=O) groups is 1. The molecular weight excluding hydrogens is 382 g/mol. The smallest absolute Gasteiger partial charge is 0.239 e. The molecule has 0 unspecified atom stereocenters. The van der Waals surface area contributed by atoms with E-state index in [2.05, 4.69) is 15.0 Å². The van der Waals surface area contributed by atoms with Gasteiger partial charge in [0.15, 0.2) is 0 Å². The second-order valence-corrected chi connectivity index (χ2v) is 6.82. The summed E-state index contributed by atoms with van der Waals surface area (Å²) in [5.74, 6) is 2.06. The SMILES string of the molecule is COc1ccc(C(=O)c2c(-c3cccc(OC)c3)nc3nc(N(C)C)ncn23)cc1. The molecule has 4 rings (SSSR count). The molecule has 0 aliphatic carbocycles. The lowest BCUT2D eigenvalue weighted by atomic mass is 10.0. The number of nitrogens with zero attached hydrogens (tertiary/aromatic N) is 5. The summed E-state index contributed by atoms with van der Waals surface area (Å²) >= 11 is 0. The number of hydrogen-bond donors (Lipinski definition) is 0. The quantitative estimate of drug-likeness (QED) is 0.458. The number of fused-ring (bicyclic) bond motifs is 1. The molecule has 2 aromatic carbocycles. The van der Waals surface area contributed by atoms with Gasteiger partial charge in [-0.05, 0) is 36.4 Å². The molecule has 8 heteroatoms. The second-order valence-electron chi connectivity index (χ2n) is 6.82. The van der Waals surface area contributed by atoms with Crippen molar-refractivity contribution in [3.63, 3.8) is 0 Å². The Morgan fingerprint density at radius 2 is 1.70 bits per heavy atom. The summed E-state index contributed by atoms with van der Waals surface area (Å²) in [6.07, 6.45) is 1.57. The van der Waals surface area contributed by atoms with E-state index in [0.29, 0.717) is 40.2 Å². The van der Waals surface area contributed by atoms with Crippen LogP contribution in [-0.4, -0.2) is 53.5 Å². The minimum atomic E-state index is -0.191. The summed E-state index contributed by atoms with van der Waals surface area (Å²) in [6, 6.07) is 14.4. The van der Waals surface area contributed by atoms with Crippen LogP contribution in [0.15, 0.2) is 54.9 Å². The topological polar surface area (TPSA) is 81.8 Å². The van der Waals surface area contributed by atoms with Crippen molar-refractivity contribution in [2.75, 3.05) is 33.2 Å². The molecule has 0 saturated heterocycles. The number of ketones is 1. The van der Waals surface area contributed by atoms with E-state index < -0.39 is 0 Å². The van der Waals surface area contributed by atoms with Crippen molar-refractivity contribution < 1.29 is 14.3 Å². The zero-order valence-electron chi connectivity index (χ0n) is 17.2. The van der Waals surface area contributed by atoms with Crippen molar-refractivity contribution in [1.29, 1.82) is 0 Å². The Morgan fingerprint density at radius 3 is 2.37 bits per heavy atom. The predicted octanol–water partition coefficient (Wildman–Crippen LogP) is 3.11. The lowest BCUT2D eigenvalue weighted by Gasteiger charge is -2.09. The van der Waals surface area contributed by atoms with E-state index in [1.165, 1.54) is 0 Å².